The van der Waals surface area contributed by atoms with Gasteiger partial charge in [0.2, 0.25) is 5.91 Å². The minimum absolute atomic E-state index is 0.0498. The zero-order valence-electron chi connectivity index (χ0n) is 18.6. The molecule has 4 amide bonds. The van der Waals surface area contributed by atoms with E-state index in [-0.39, 0.29) is 18.8 Å². The summed E-state index contributed by atoms with van der Waals surface area (Å²) in [7, 11) is 0. The van der Waals surface area contributed by atoms with Crippen molar-refractivity contribution in [2.24, 2.45) is 5.92 Å². The second-order valence-corrected chi connectivity index (χ2v) is 9.66. The van der Waals surface area contributed by atoms with Crippen molar-refractivity contribution >= 4 is 23.7 Å². The van der Waals surface area contributed by atoms with Crippen LogP contribution in [0.1, 0.15) is 46.6 Å². The van der Waals surface area contributed by atoms with Crippen LogP contribution in [0.25, 0.3) is 0 Å². The van der Waals surface area contributed by atoms with E-state index in [9.17, 15) is 23.9 Å². The van der Waals surface area contributed by atoms with Gasteiger partial charge in [-0.1, -0.05) is 6.07 Å². The largest absolute Gasteiger partial charge is 0.444 e. The molecule has 0 bridgehead atoms. The first-order chi connectivity index (χ1) is 14.3. The van der Waals surface area contributed by atoms with E-state index < -0.39 is 46.9 Å². The van der Waals surface area contributed by atoms with Crippen LogP contribution in [-0.2, 0) is 14.9 Å². The second kappa shape index (κ2) is 8.11. The van der Waals surface area contributed by atoms with Crippen molar-refractivity contribution in [3.8, 4) is 0 Å². The lowest BCUT2D eigenvalue weighted by atomic mass is 9.86. The Kier molecular flexibility index (Phi) is 6.01. The number of imide groups is 1. The van der Waals surface area contributed by atoms with Crippen molar-refractivity contribution in [2.75, 3.05) is 24.5 Å². The molecule has 2 aliphatic rings. The van der Waals surface area contributed by atoms with E-state index in [1.165, 1.54) is 23.1 Å². The summed E-state index contributed by atoms with van der Waals surface area (Å²) in [6.45, 7) is 9.30. The quantitative estimate of drug-likeness (QED) is 0.744. The molecule has 2 unspecified atom stereocenters. The van der Waals surface area contributed by atoms with Gasteiger partial charge in [-0.2, -0.15) is 0 Å². The fourth-order valence-electron chi connectivity index (χ4n) is 3.93. The summed E-state index contributed by atoms with van der Waals surface area (Å²) in [6, 6.07) is 3.25. The molecule has 0 aliphatic carbocycles. The number of nitrogens with zero attached hydrogens (tertiary/aromatic N) is 2. The van der Waals surface area contributed by atoms with E-state index in [0.717, 1.165) is 4.90 Å². The second-order valence-electron chi connectivity index (χ2n) is 9.66. The molecule has 2 aliphatic heterocycles. The van der Waals surface area contributed by atoms with Gasteiger partial charge in [-0.3, -0.25) is 4.79 Å². The van der Waals surface area contributed by atoms with Crippen LogP contribution in [0.15, 0.2) is 18.2 Å². The van der Waals surface area contributed by atoms with Crippen molar-refractivity contribution in [1.82, 2.24) is 10.2 Å². The molecule has 3 rings (SSSR count). The summed E-state index contributed by atoms with van der Waals surface area (Å²) in [5.41, 5.74) is -0.810. The Balaban J connectivity index is 1.68. The fraction of sp³-hybridized carbons (Fsp3) is 0.591. The number of hydrogen-bond acceptors (Lipinski definition) is 5. The summed E-state index contributed by atoms with van der Waals surface area (Å²) < 4.78 is 19.2. The first kappa shape index (κ1) is 23.0. The van der Waals surface area contributed by atoms with Crippen LogP contribution in [0, 0.1) is 11.7 Å². The van der Waals surface area contributed by atoms with E-state index in [2.05, 4.69) is 5.32 Å². The van der Waals surface area contributed by atoms with Gasteiger partial charge >= 0.3 is 12.1 Å². The lowest BCUT2D eigenvalue weighted by Crippen LogP contribution is -2.53. The molecule has 8 nitrogen and oxygen atoms in total. The number of piperidine rings is 1. The summed E-state index contributed by atoms with van der Waals surface area (Å²) in [5, 5.41) is 13.0. The van der Waals surface area contributed by atoms with E-state index >= 15 is 0 Å². The number of hydrogen-bond donors (Lipinski definition) is 2. The number of amides is 4. The number of aliphatic hydroxyl groups excluding tert-OH is 1. The predicted octanol–water partition coefficient (Wildman–Crippen LogP) is 2.78. The zero-order chi connectivity index (χ0) is 23.1. The number of halogens is 1. The molecule has 170 valence electrons. The number of benzene rings is 1. The first-order valence-electron chi connectivity index (χ1n) is 10.4. The number of ether oxygens (including phenoxy) is 1. The Labute approximate surface area is 181 Å². The molecule has 9 heteroatoms. The monoisotopic (exact) mass is 435 g/mol. The summed E-state index contributed by atoms with van der Waals surface area (Å²) >= 11 is 0. The van der Waals surface area contributed by atoms with Crippen LogP contribution < -0.4 is 10.2 Å². The molecule has 1 saturated heterocycles. The van der Waals surface area contributed by atoms with Crippen LogP contribution in [0.4, 0.5) is 19.7 Å². The van der Waals surface area contributed by atoms with Gasteiger partial charge in [-0.25, -0.2) is 18.9 Å². The molecular formula is C22H30FN3O5. The van der Waals surface area contributed by atoms with Crippen molar-refractivity contribution in [3.63, 3.8) is 0 Å². The summed E-state index contributed by atoms with van der Waals surface area (Å²) in [5.74, 6) is -1.43. The van der Waals surface area contributed by atoms with Crippen molar-refractivity contribution in [2.45, 2.75) is 58.2 Å². The van der Waals surface area contributed by atoms with Crippen molar-refractivity contribution in [3.05, 3.63) is 29.6 Å². The molecular weight excluding hydrogens is 405 g/mol. The molecule has 2 atom stereocenters. The van der Waals surface area contributed by atoms with Crippen LogP contribution in [0.3, 0.4) is 0 Å². The number of aliphatic hydroxyl groups is 1. The summed E-state index contributed by atoms with van der Waals surface area (Å²) in [6.07, 6.45) is -0.838. The van der Waals surface area contributed by atoms with Crippen LogP contribution in [0.2, 0.25) is 0 Å². The average Bonchev–Trinajstić information content (AvgIpc) is 2.84. The van der Waals surface area contributed by atoms with Gasteiger partial charge in [0, 0.05) is 25.6 Å². The highest BCUT2D eigenvalue weighted by atomic mass is 19.1. The van der Waals surface area contributed by atoms with E-state index in [4.69, 9.17) is 4.74 Å². The van der Waals surface area contributed by atoms with Gasteiger partial charge in [-0.15, -0.1) is 0 Å². The Hall–Kier alpha value is -2.68. The molecule has 1 aromatic carbocycles. The van der Waals surface area contributed by atoms with Gasteiger partial charge in [0.05, 0.1) is 17.2 Å². The smallest absolute Gasteiger partial charge is 0.410 e. The van der Waals surface area contributed by atoms with Gasteiger partial charge in [-0.05, 0) is 58.7 Å². The molecule has 0 saturated carbocycles. The molecule has 1 fully saturated rings. The number of nitrogens with one attached hydrogen (secondary N) is 1. The molecule has 0 radical (unpaired) electrons. The molecule has 0 spiro atoms. The lowest BCUT2D eigenvalue weighted by Gasteiger charge is -2.37. The van der Waals surface area contributed by atoms with Gasteiger partial charge in [0.1, 0.15) is 11.4 Å². The predicted molar refractivity (Wildman–Crippen MR) is 112 cm³/mol. The number of urea groups is 1. The average molecular weight is 435 g/mol. The molecule has 1 aromatic rings. The number of rotatable bonds is 2. The summed E-state index contributed by atoms with van der Waals surface area (Å²) in [4.78, 5) is 40.5. The Morgan fingerprint density at radius 1 is 1.32 bits per heavy atom. The van der Waals surface area contributed by atoms with E-state index in [1.807, 2.05) is 0 Å². The van der Waals surface area contributed by atoms with E-state index in [0.29, 0.717) is 18.5 Å². The van der Waals surface area contributed by atoms with Crippen molar-refractivity contribution < 1.29 is 28.6 Å². The number of anilines is 1. The number of likely N-dealkylation sites (tertiary alicyclic amines) is 1. The third kappa shape index (κ3) is 4.66. The van der Waals surface area contributed by atoms with Gasteiger partial charge < -0.3 is 20.1 Å². The minimum atomic E-state index is -0.960. The molecule has 0 aromatic heterocycles. The third-order valence-electron chi connectivity index (χ3n) is 5.68. The first-order valence-corrected chi connectivity index (χ1v) is 10.4. The molecule has 2 N–H and O–H groups in total. The molecule has 2 heterocycles. The van der Waals surface area contributed by atoms with E-state index in [1.54, 1.807) is 34.6 Å². The lowest BCUT2D eigenvalue weighted by molar-refractivity contribution is -0.121. The Morgan fingerprint density at radius 2 is 2.00 bits per heavy atom. The van der Waals surface area contributed by atoms with Crippen LogP contribution in [0.5, 0.6) is 0 Å². The highest BCUT2D eigenvalue weighted by molar-refractivity contribution is 6.22. The zero-order valence-corrected chi connectivity index (χ0v) is 18.6. The third-order valence-corrected chi connectivity index (χ3v) is 5.68. The normalized spacial score (nSPS) is 22.9. The number of carbonyl (C=O) groups excluding carboxylic acids is 3. The Morgan fingerprint density at radius 3 is 2.65 bits per heavy atom. The number of carbonyl (C=O) groups is 3. The standard InChI is InChI=1S/C22H30FN3O5/c1-21(2,3)31-20(30)25-9-8-17(27)13(12-25)11-24-19(29)26-16-10-14(23)6-7-15(16)22(4,5)18(26)28/h6-7,10,13,17,27H,8-9,11-12H2,1-5H3,(H,24,29). The topological polar surface area (TPSA) is 99.2 Å². The molecule has 31 heavy (non-hydrogen) atoms. The highest BCUT2D eigenvalue weighted by Gasteiger charge is 2.47. The number of fused-ring (bicyclic) bond motifs is 1. The SMILES string of the molecule is CC(C)(C)OC(=O)N1CCC(O)C(CNC(=O)N2C(=O)C(C)(C)c3ccc(F)cc32)C1. The maximum Gasteiger partial charge on any atom is 0.410 e. The van der Waals surface area contributed by atoms with Crippen LogP contribution in [-0.4, -0.2) is 59.4 Å². The Bertz CT molecular complexity index is 896. The highest BCUT2D eigenvalue weighted by Crippen LogP contribution is 2.41. The minimum Gasteiger partial charge on any atom is -0.444 e. The maximum absolute atomic E-state index is 13.8. The van der Waals surface area contributed by atoms with Crippen LogP contribution >= 0.6 is 0 Å². The van der Waals surface area contributed by atoms with Gasteiger partial charge in [0.15, 0.2) is 0 Å². The van der Waals surface area contributed by atoms with Crippen molar-refractivity contribution in [1.29, 1.82) is 0 Å². The van der Waals surface area contributed by atoms with Gasteiger partial charge in [0.25, 0.3) is 0 Å². The fourth-order valence-corrected chi connectivity index (χ4v) is 3.93. The maximum atomic E-state index is 13.8.